The summed E-state index contributed by atoms with van der Waals surface area (Å²) in [6, 6.07) is 1.82. The minimum atomic E-state index is -3.14. The zero-order valence-electron chi connectivity index (χ0n) is 14.5. The molecule has 0 fully saturated rings. The normalized spacial score (nSPS) is 12.2. The molecule has 2 N–H and O–H groups in total. The molecule has 0 aromatic carbocycles. The Balaban J connectivity index is 2.57. The van der Waals surface area contributed by atoms with Gasteiger partial charge in [0.05, 0.1) is 19.4 Å². The van der Waals surface area contributed by atoms with E-state index in [1.165, 1.54) is 0 Å². The number of ether oxygens (including phenoxy) is 1. The van der Waals surface area contributed by atoms with Gasteiger partial charge < -0.3 is 24.1 Å². The van der Waals surface area contributed by atoms with Gasteiger partial charge in [-0.2, -0.15) is 0 Å². The van der Waals surface area contributed by atoms with Crippen molar-refractivity contribution < 1.29 is 23.1 Å². The molecule has 0 atom stereocenters. The predicted octanol–water partition coefficient (Wildman–Crippen LogP) is 3.81. The number of aromatic nitrogens is 1. The smallest absolute Gasteiger partial charge is 0.407 e. The molecule has 0 saturated carbocycles. The number of aromatic amines is 1. The number of hydrogen-bond donors (Lipinski definition) is 2. The fraction of sp³-hybridized carbons (Fsp3) is 0.667. The maximum atomic E-state index is 12.5. The van der Waals surface area contributed by atoms with E-state index < -0.39 is 19.3 Å². The van der Waals surface area contributed by atoms with Crippen LogP contribution in [0, 0.1) is 0 Å². The van der Waals surface area contributed by atoms with Gasteiger partial charge in [0, 0.05) is 18.4 Å². The second-order valence-corrected chi connectivity index (χ2v) is 8.05. The van der Waals surface area contributed by atoms with Crippen molar-refractivity contribution in [2.45, 2.75) is 52.9 Å². The van der Waals surface area contributed by atoms with E-state index in [-0.39, 0.29) is 6.16 Å². The molecular weight excluding hydrogens is 319 g/mol. The molecule has 1 aromatic rings. The average molecular weight is 346 g/mol. The van der Waals surface area contributed by atoms with Crippen molar-refractivity contribution in [3.8, 4) is 0 Å². The highest BCUT2D eigenvalue weighted by molar-refractivity contribution is 7.53. The van der Waals surface area contributed by atoms with Crippen molar-refractivity contribution in [2.75, 3.05) is 13.2 Å². The Morgan fingerprint density at radius 3 is 2.39 bits per heavy atom. The van der Waals surface area contributed by atoms with Gasteiger partial charge in [-0.25, -0.2) is 4.79 Å². The molecule has 1 rings (SSSR count). The van der Waals surface area contributed by atoms with Gasteiger partial charge >= 0.3 is 13.7 Å². The lowest BCUT2D eigenvalue weighted by Gasteiger charge is -2.19. The summed E-state index contributed by atoms with van der Waals surface area (Å²) in [6.07, 6.45) is 1.44. The number of carbonyl (C=O) groups is 1. The van der Waals surface area contributed by atoms with Gasteiger partial charge in [0.25, 0.3) is 0 Å². The number of H-pyrrole nitrogens is 1. The highest BCUT2D eigenvalue weighted by Crippen LogP contribution is 2.51. The highest BCUT2D eigenvalue weighted by atomic mass is 31.2. The van der Waals surface area contributed by atoms with Gasteiger partial charge in [0.2, 0.25) is 0 Å². The first kappa shape index (κ1) is 19.7. The third-order valence-corrected chi connectivity index (χ3v) is 4.69. The number of carbonyl (C=O) groups excluding carboxylic acids is 1. The SMILES string of the molecule is CCOP(=O)(Cc1cc(CNC(=O)OC(C)(C)C)c[nH]1)OCC. The van der Waals surface area contributed by atoms with Crippen molar-refractivity contribution in [3.63, 3.8) is 0 Å². The number of nitrogens with one attached hydrogen (secondary N) is 2. The van der Waals surface area contributed by atoms with E-state index in [0.29, 0.717) is 19.8 Å². The zero-order chi connectivity index (χ0) is 17.5. The topological polar surface area (TPSA) is 89.6 Å². The molecule has 1 amide bonds. The Morgan fingerprint density at radius 2 is 1.87 bits per heavy atom. The lowest BCUT2D eigenvalue weighted by Crippen LogP contribution is -2.32. The van der Waals surface area contributed by atoms with Crippen molar-refractivity contribution in [3.05, 3.63) is 23.5 Å². The Bertz CT molecular complexity index is 540. The molecule has 0 unspecified atom stereocenters. The molecular formula is C15H27N2O5P. The lowest BCUT2D eigenvalue weighted by atomic mass is 10.2. The number of rotatable bonds is 8. The summed E-state index contributed by atoms with van der Waals surface area (Å²) in [6.45, 7) is 9.93. The minimum absolute atomic E-state index is 0.168. The third kappa shape index (κ3) is 7.68. The van der Waals surface area contributed by atoms with E-state index in [0.717, 1.165) is 11.3 Å². The molecule has 1 heterocycles. The van der Waals surface area contributed by atoms with Crippen LogP contribution >= 0.6 is 7.60 Å². The van der Waals surface area contributed by atoms with Crippen LogP contribution in [0.2, 0.25) is 0 Å². The summed E-state index contributed by atoms with van der Waals surface area (Å²) in [5.41, 5.74) is 1.05. The second-order valence-electron chi connectivity index (χ2n) is 5.99. The van der Waals surface area contributed by atoms with Gasteiger partial charge in [-0.1, -0.05) is 0 Å². The Kier molecular flexibility index (Phi) is 7.32. The number of alkyl carbamates (subject to hydrolysis) is 1. The Hall–Kier alpha value is -1.30. The standard InChI is InChI=1S/C15H27N2O5P/c1-6-20-23(19,21-7-2)11-13-8-12(9-16-13)10-17-14(18)22-15(3,4)5/h8-9,16H,6-7,10-11H2,1-5H3,(H,17,18). The molecule has 0 saturated heterocycles. The van der Waals surface area contributed by atoms with E-state index in [2.05, 4.69) is 10.3 Å². The second kappa shape index (κ2) is 8.52. The van der Waals surface area contributed by atoms with E-state index in [9.17, 15) is 9.36 Å². The predicted molar refractivity (Wildman–Crippen MR) is 88.4 cm³/mol. The number of amides is 1. The molecule has 0 bridgehead atoms. The fourth-order valence-corrected chi connectivity index (χ4v) is 3.55. The molecule has 7 nitrogen and oxygen atoms in total. The maximum Gasteiger partial charge on any atom is 0.407 e. The van der Waals surface area contributed by atoms with Crippen LogP contribution in [-0.2, 0) is 31.1 Å². The van der Waals surface area contributed by atoms with Crippen molar-refractivity contribution in [1.29, 1.82) is 0 Å². The van der Waals surface area contributed by atoms with Crippen LogP contribution in [0.4, 0.5) is 4.79 Å². The van der Waals surface area contributed by atoms with Crippen molar-refractivity contribution >= 4 is 13.7 Å². The summed E-state index contributed by atoms with van der Waals surface area (Å²) in [7, 11) is -3.14. The first-order valence-electron chi connectivity index (χ1n) is 7.68. The number of hydrogen-bond acceptors (Lipinski definition) is 5. The average Bonchev–Trinajstić information content (AvgIpc) is 2.82. The van der Waals surface area contributed by atoms with Crippen LogP contribution in [0.15, 0.2) is 12.3 Å². The Morgan fingerprint density at radius 1 is 1.26 bits per heavy atom. The monoisotopic (exact) mass is 346 g/mol. The Labute approximate surface area is 137 Å². The van der Waals surface area contributed by atoms with E-state index >= 15 is 0 Å². The van der Waals surface area contributed by atoms with Crippen LogP contribution in [0.25, 0.3) is 0 Å². The summed E-state index contributed by atoms with van der Waals surface area (Å²) >= 11 is 0. The van der Waals surface area contributed by atoms with Crippen molar-refractivity contribution in [2.24, 2.45) is 0 Å². The first-order valence-corrected chi connectivity index (χ1v) is 9.41. The molecule has 0 aliphatic carbocycles. The molecule has 0 aliphatic rings. The van der Waals surface area contributed by atoms with Gasteiger partial charge in [0.1, 0.15) is 5.60 Å². The molecule has 23 heavy (non-hydrogen) atoms. The van der Waals surface area contributed by atoms with Crippen LogP contribution in [-0.4, -0.2) is 29.9 Å². The summed E-state index contributed by atoms with van der Waals surface area (Å²) in [5.74, 6) is 0. The van der Waals surface area contributed by atoms with Crippen molar-refractivity contribution in [1.82, 2.24) is 10.3 Å². The van der Waals surface area contributed by atoms with Crippen LogP contribution in [0.1, 0.15) is 45.9 Å². The van der Waals surface area contributed by atoms with Crippen LogP contribution < -0.4 is 5.32 Å². The largest absolute Gasteiger partial charge is 0.444 e. The highest BCUT2D eigenvalue weighted by Gasteiger charge is 2.25. The molecule has 8 heteroatoms. The zero-order valence-corrected chi connectivity index (χ0v) is 15.4. The van der Waals surface area contributed by atoms with E-state index in [1.54, 1.807) is 40.8 Å². The summed E-state index contributed by atoms with van der Waals surface area (Å²) in [4.78, 5) is 14.6. The first-order chi connectivity index (χ1) is 10.7. The molecule has 0 radical (unpaired) electrons. The van der Waals surface area contributed by atoms with Gasteiger partial charge in [0.15, 0.2) is 0 Å². The summed E-state index contributed by atoms with van der Waals surface area (Å²) in [5, 5.41) is 2.67. The van der Waals surface area contributed by atoms with E-state index in [4.69, 9.17) is 13.8 Å². The van der Waals surface area contributed by atoms with Crippen LogP contribution in [0.5, 0.6) is 0 Å². The molecule has 1 aromatic heterocycles. The van der Waals surface area contributed by atoms with Gasteiger partial charge in [-0.05, 0) is 46.2 Å². The maximum absolute atomic E-state index is 12.5. The fourth-order valence-electron chi connectivity index (χ4n) is 1.90. The van der Waals surface area contributed by atoms with Gasteiger partial charge in [-0.15, -0.1) is 0 Å². The van der Waals surface area contributed by atoms with Gasteiger partial charge in [-0.3, -0.25) is 4.57 Å². The minimum Gasteiger partial charge on any atom is -0.444 e. The summed E-state index contributed by atoms with van der Waals surface area (Å²) < 4.78 is 28.1. The van der Waals surface area contributed by atoms with E-state index in [1.807, 2.05) is 6.07 Å². The quantitative estimate of drug-likeness (QED) is 0.699. The molecule has 132 valence electrons. The molecule has 0 aliphatic heterocycles. The third-order valence-electron chi connectivity index (χ3n) is 2.65. The lowest BCUT2D eigenvalue weighted by molar-refractivity contribution is 0.0523. The van der Waals surface area contributed by atoms with Crippen LogP contribution in [0.3, 0.4) is 0 Å². The molecule has 0 spiro atoms.